The van der Waals surface area contributed by atoms with Crippen molar-refractivity contribution in [2.45, 2.75) is 165 Å². The molecular formula is C58H94N12O9S. The van der Waals surface area contributed by atoms with Gasteiger partial charge in [-0.05, 0) is 74.1 Å². The summed E-state index contributed by atoms with van der Waals surface area (Å²) >= 11 is 1.84. The Morgan fingerprint density at radius 1 is 0.875 bits per heavy atom. The lowest BCUT2D eigenvalue weighted by molar-refractivity contribution is -0.143. The van der Waals surface area contributed by atoms with Crippen LogP contribution in [0.2, 0.25) is 0 Å². The van der Waals surface area contributed by atoms with Gasteiger partial charge in [0.15, 0.2) is 0 Å². The Balaban J connectivity index is 0.609. The van der Waals surface area contributed by atoms with E-state index in [9.17, 15) is 19.5 Å². The van der Waals surface area contributed by atoms with Crippen LogP contribution < -0.4 is 47.7 Å². The zero-order valence-electron chi connectivity index (χ0n) is 48.1. The molecule has 0 bridgehead atoms. The number of carbonyl (C=O) groups is 3. The zero-order valence-corrected chi connectivity index (χ0v) is 49.0. The molecule has 1 saturated carbocycles. The standard InChI is InChI=1S/C58H94N12O9S/c1-6-40(7-2)49-31-53(70-52(64-49)16-17-62-70)63-45-15-14-44(29-45)59-33-46-35-67(66-65-46)18-19-75-20-21-76-22-23-77-24-25-78-26-27-79-51-28-41(55-39(5)61-37-80-55)12-13-42(51)32-60-56(72)50-30-47(71)36-68(50)58(74)54(38(3)4)69-34-43-10-8-9-11-48(43)57(69)73/h8-13,28,38-40,44-47,49-50,52-55,59,61-66,71H,6-7,14-27,29-37H2,1-5H3,(H,60,72)/t39?,44-,45-,46?,47+,49?,50-,52?,53?,54-,55?/m0/s1. The number of nitrogens with zero attached hydrogens (tertiary/aromatic N) is 4. The van der Waals surface area contributed by atoms with E-state index in [-0.39, 0.29) is 54.4 Å². The average Bonchev–Trinajstić information content (AvgIpc) is 4.43. The van der Waals surface area contributed by atoms with Crippen LogP contribution in [-0.4, -0.2) is 201 Å². The van der Waals surface area contributed by atoms with Crippen LogP contribution in [0.3, 0.4) is 0 Å². The van der Waals surface area contributed by atoms with Crippen molar-refractivity contribution in [3.8, 4) is 5.75 Å². The summed E-state index contributed by atoms with van der Waals surface area (Å²) in [5.41, 5.74) is 13.8. The van der Waals surface area contributed by atoms with Crippen molar-refractivity contribution < 1.29 is 43.2 Å². The largest absolute Gasteiger partial charge is 0.491 e. The number of hydrogen-bond acceptors (Lipinski definition) is 19. The quantitative estimate of drug-likeness (QED) is 0.0495. The van der Waals surface area contributed by atoms with E-state index in [1.54, 1.807) is 11.0 Å². The number of rotatable bonds is 31. The lowest BCUT2D eigenvalue weighted by Gasteiger charge is -2.45. The van der Waals surface area contributed by atoms with Gasteiger partial charge in [0, 0.05) is 105 Å². The second-order valence-corrected chi connectivity index (χ2v) is 24.3. The second-order valence-electron chi connectivity index (χ2n) is 23.2. The summed E-state index contributed by atoms with van der Waals surface area (Å²) in [5, 5.41) is 34.1. The van der Waals surface area contributed by atoms with E-state index in [0.717, 1.165) is 61.1 Å². The van der Waals surface area contributed by atoms with Gasteiger partial charge in [-0.15, -0.1) is 11.8 Å². The van der Waals surface area contributed by atoms with Gasteiger partial charge in [-0.25, -0.2) is 15.4 Å². The first-order valence-electron chi connectivity index (χ1n) is 30.1. The molecule has 2 aromatic carbocycles. The van der Waals surface area contributed by atoms with Crippen molar-refractivity contribution in [2.75, 3.05) is 98.1 Å². The fourth-order valence-corrected chi connectivity index (χ4v) is 14.2. The number of nitrogens with one attached hydrogen (secondary N) is 8. The average molecular weight is 1140 g/mol. The zero-order chi connectivity index (χ0) is 56.0. The van der Waals surface area contributed by atoms with Crippen molar-refractivity contribution in [1.29, 1.82) is 0 Å². The van der Waals surface area contributed by atoms with E-state index < -0.39 is 18.2 Å². The highest BCUT2D eigenvalue weighted by Gasteiger charge is 2.46. The first-order chi connectivity index (χ1) is 39.0. The summed E-state index contributed by atoms with van der Waals surface area (Å²) < 4.78 is 29.5. The minimum absolute atomic E-state index is 0.0178. The molecular weight excluding hydrogens is 1040 g/mol. The number of amides is 3. The predicted octanol–water partition coefficient (Wildman–Crippen LogP) is 2.57. The smallest absolute Gasteiger partial charge is 0.255 e. The Labute approximate surface area is 479 Å². The van der Waals surface area contributed by atoms with Crippen LogP contribution in [0.4, 0.5) is 0 Å². The third-order valence-corrected chi connectivity index (χ3v) is 18.7. The molecule has 7 aliphatic rings. The number of benzene rings is 2. The molecule has 9 rings (SSSR count). The molecule has 3 amide bonds. The molecule has 0 aromatic heterocycles. The summed E-state index contributed by atoms with van der Waals surface area (Å²) in [5.74, 6) is 1.13. The number of hydrogen-bond donors (Lipinski definition) is 9. The van der Waals surface area contributed by atoms with Crippen molar-refractivity contribution in [2.24, 2.45) is 11.8 Å². The molecule has 11 atom stereocenters. The summed E-state index contributed by atoms with van der Waals surface area (Å²) in [4.78, 5) is 44.7. The molecule has 0 spiro atoms. The van der Waals surface area contributed by atoms with E-state index in [0.29, 0.717) is 114 Å². The normalized spacial score (nSPS) is 28.4. The Bertz CT molecular complexity index is 2290. The van der Waals surface area contributed by atoms with Crippen LogP contribution in [0.25, 0.3) is 0 Å². The van der Waals surface area contributed by atoms with Crippen molar-refractivity contribution >= 4 is 29.5 Å². The topological polar surface area (TPSA) is 227 Å². The van der Waals surface area contributed by atoms with Gasteiger partial charge in [0.2, 0.25) is 11.8 Å². The number of thioether (sulfide) groups is 1. The third-order valence-electron chi connectivity index (χ3n) is 17.3. The molecule has 1 aliphatic carbocycles. The number of fused-ring (bicyclic) bond motifs is 2. The van der Waals surface area contributed by atoms with Crippen molar-refractivity contribution in [3.63, 3.8) is 0 Å². The van der Waals surface area contributed by atoms with E-state index in [1.807, 2.05) is 55.9 Å². The number of likely N-dealkylation sites (tertiary alicyclic amines) is 1. The van der Waals surface area contributed by atoms with Gasteiger partial charge >= 0.3 is 0 Å². The minimum Gasteiger partial charge on any atom is -0.491 e. The highest BCUT2D eigenvalue weighted by atomic mass is 32.2. The van der Waals surface area contributed by atoms with Crippen LogP contribution in [0.1, 0.15) is 118 Å². The second kappa shape index (κ2) is 30.3. The van der Waals surface area contributed by atoms with Gasteiger partial charge in [-0.2, -0.15) is 5.53 Å². The molecule has 5 saturated heterocycles. The molecule has 21 nitrogen and oxygen atoms in total. The Morgan fingerprint density at radius 3 is 2.34 bits per heavy atom. The van der Waals surface area contributed by atoms with E-state index >= 15 is 0 Å². The Hall–Kier alpha value is -3.56. The van der Waals surface area contributed by atoms with Gasteiger partial charge in [0.1, 0.15) is 24.4 Å². The van der Waals surface area contributed by atoms with Crippen LogP contribution in [0, 0.1) is 11.8 Å². The maximum Gasteiger partial charge on any atom is 0.255 e. The number of aliphatic hydroxyl groups excluding tert-OH is 1. The molecule has 446 valence electrons. The van der Waals surface area contributed by atoms with Gasteiger partial charge in [0.25, 0.3) is 5.91 Å². The van der Waals surface area contributed by atoms with Crippen molar-refractivity contribution in [3.05, 3.63) is 64.7 Å². The molecule has 6 aliphatic heterocycles. The van der Waals surface area contributed by atoms with Gasteiger partial charge in [0.05, 0.1) is 71.3 Å². The lowest BCUT2D eigenvalue weighted by atomic mass is 9.89. The molecule has 6 heterocycles. The van der Waals surface area contributed by atoms with E-state index in [4.69, 9.17) is 23.7 Å². The van der Waals surface area contributed by atoms with Gasteiger partial charge in [-0.1, -0.05) is 70.9 Å². The van der Waals surface area contributed by atoms with Crippen LogP contribution in [-0.2, 0) is 41.6 Å². The maximum absolute atomic E-state index is 14.3. The van der Waals surface area contributed by atoms with Crippen molar-refractivity contribution in [1.82, 2.24) is 62.8 Å². The molecule has 22 heteroatoms. The molecule has 9 N–H and O–H groups in total. The maximum atomic E-state index is 14.3. The molecule has 2 aromatic rings. The minimum atomic E-state index is -0.887. The van der Waals surface area contributed by atoms with Gasteiger partial charge in [-0.3, -0.25) is 30.4 Å². The van der Waals surface area contributed by atoms with E-state index in [2.05, 4.69) is 79.8 Å². The molecule has 0 radical (unpaired) electrons. The first kappa shape index (κ1) is 61.0. The van der Waals surface area contributed by atoms with Gasteiger partial charge < -0.3 is 54.5 Å². The summed E-state index contributed by atoms with van der Waals surface area (Å²) in [6.45, 7) is 18.8. The molecule has 80 heavy (non-hydrogen) atoms. The first-order valence-corrected chi connectivity index (χ1v) is 31.1. The molecule has 6 unspecified atom stereocenters. The van der Waals surface area contributed by atoms with Crippen LogP contribution in [0.5, 0.6) is 5.75 Å². The summed E-state index contributed by atoms with van der Waals surface area (Å²) in [6.07, 6.45) is 8.45. The fourth-order valence-electron chi connectivity index (χ4n) is 12.9. The molecule has 6 fully saturated rings. The predicted molar refractivity (Wildman–Crippen MR) is 308 cm³/mol. The number of carbonyl (C=O) groups excluding carboxylic acids is 3. The van der Waals surface area contributed by atoms with E-state index in [1.165, 1.54) is 43.4 Å². The van der Waals surface area contributed by atoms with Crippen LogP contribution >= 0.6 is 11.8 Å². The number of ether oxygens (including phenoxy) is 5. The third kappa shape index (κ3) is 16.0. The Morgan fingerprint density at radius 2 is 1.61 bits per heavy atom. The fraction of sp³-hybridized carbons (Fsp3) is 0.741. The highest BCUT2D eigenvalue weighted by Crippen LogP contribution is 2.39. The van der Waals surface area contributed by atoms with Crippen LogP contribution in [0.15, 0.2) is 42.5 Å². The Kier molecular flexibility index (Phi) is 23.1. The highest BCUT2D eigenvalue weighted by molar-refractivity contribution is 7.99. The SMILES string of the molecule is CCC(CC)C1CC(N[C@H]2CC[C@H](NCC3CN(CCOCCOCCOCCOCCOc4cc(C5SCNC5C)ccc4CNC(=O)[C@@H]4C[C@@H](O)CN4C(=O)[C@H](C(C)C)N4Cc5ccccc5C4=O)NN3)C2)N2NCCC2N1. The lowest BCUT2D eigenvalue weighted by Crippen LogP contribution is -2.66. The number of hydrazine groups is 3. The number of β-amino-alcohol motifs (C(OH)–C–C–N with tert-alkyl or cyclic N) is 1. The number of aliphatic hydroxyl groups is 1. The summed E-state index contributed by atoms with van der Waals surface area (Å²) in [6, 6.07) is 14.1. The monoisotopic (exact) mass is 1130 g/mol. The summed E-state index contributed by atoms with van der Waals surface area (Å²) in [7, 11) is 0.